The lowest BCUT2D eigenvalue weighted by Crippen LogP contribution is -2.43. The maximum Gasteiger partial charge on any atom is 0.0594 e. The van der Waals surface area contributed by atoms with Crippen molar-refractivity contribution in [3.63, 3.8) is 0 Å². The van der Waals surface area contributed by atoms with E-state index in [4.69, 9.17) is 10.5 Å². The largest absolute Gasteiger partial charge is 0.379 e. The summed E-state index contributed by atoms with van der Waals surface area (Å²) in [5.41, 5.74) is 5.89. The molecule has 2 N–H and O–H groups in total. The van der Waals surface area contributed by atoms with E-state index in [0.29, 0.717) is 0 Å². The summed E-state index contributed by atoms with van der Waals surface area (Å²) in [5, 5.41) is 0. The monoisotopic (exact) mass is 312 g/mol. The van der Waals surface area contributed by atoms with Crippen LogP contribution in [-0.2, 0) is 4.74 Å². The molecule has 0 radical (unpaired) electrons. The van der Waals surface area contributed by atoms with Gasteiger partial charge in [0.05, 0.1) is 16.6 Å². The molecule has 3 nitrogen and oxygen atoms in total. The second-order valence-electron chi connectivity index (χ2n) is 3.03. The molecule has 0 saturated carbocycles. The van der Waals surface area contributed by atoms with E-state index in [2.05, 4.69) is 36.8 Å². The highest BCUT2D eigenvalue weighted by Gasteiger charge is 2.12. The minimum atomic E-state index is 0.0758. The fourth-order valence-electron chi connectivity index (χ4n) is 1.30. The lowest BCUT2D eigenvalue weighted by molar-refractivity contribution is 0.0370. The van der Waals surface area contributed by atoms with Gasteiger partial charge in [-0.15, -0.1) is 0 Å². The van der Waals surface area contributed by atoms with Crippen LogP contribution >= 0.6 is 31.9 Å². The van der Waals surface area contributed by atoms with Gasteiger partial charge in [0, 0.05) is 25.7 Å². The van der Waals surface area contributed by atoms with E-state index in [1.54, 1.807) is 0 Å². The first-order valence-corrected chi connectivity index (χ1v) is 5.85. The number of morpholine rings is 1. The minimum absolute atomic E-state index is 0.0758. The zero-order valence-corrected chi connectivity index (χ0v) is 10.6. The summed E-state index contributed by atoms with van der Waals surface area (Å²) in [6, 6.07) is 0.0758. The topological polar surface area (TPSA) is 38.5 Å². The second kappa shape index (κ2) is 6.14. The van der Waals surface area contributed by atoms with Crippen LogP contribution in [0, 0.1) is 0 Å². The number of ether oxygens (including phenoxy) is 1. The van der Waals surface area contributed by atoms with Crippen LogP contribution in [-0.4, -0.2) is 43.8 Å². The molecular formula is C8H14Br2N2O. The van der Waals surface area contributed by atoms with Crippen LogP contribution < -0.4 is 5.73 Å². The van der Waals surface area contributed by atoms with Crippen molar-refractivity contribution in [2.45, 2.75) is 6.04 Å². The third-order valence-electron chi connectivity index (χ3n) is 1.91. The van der Waals surface area contributed by atoms with Crippen LogP contribution in [0.2, 0.25) is 0 Å². The van der Waals surface area contributed by atoms with Gasteiger partial charge < -0.3 is 10.5 Å². The molecule has 1 aliphatic heterocycles. The predicted octanol–water partition coefficient (Wildman–Crippen LogP) is 1.28. The summed E-state index contributed by atoms with van der Waals surface area (Å²) >= 11 is 6.59. The molecule has 0 amide bonds. The summed E-state index contributed by atoms with van der Waals surface area (Å²) in [7, 11) is 0. The highest BCUT2D eigenvalue weighted by molar-refractivity contribution is 9.28. The van der Waals surface area contributed by atoms with Crippen LogP contribution in [0.4, 0.5) is 0 Å². The van der Waals surface area contributed by atoms with E-state index in [9.17, 15) is 0 Å². The van der Waals surface area contributed by atoms with E-state index in [-0.39, 0.29) is 6.04 Å². The first-order valence-electron chi connectivity index (χ1n) is 4.27. The van der Waals surface area contributed by atoms with Gasteiger partial charge in [-0.3, -0.25) is 4.90 Å². The molecular weight excluding hydrogens is 300 g/mol. The standard InChI is InChI=1S/C8H14Br2N2O/c9-8(10)5-7(11)6-12-1-3-13-4-2-12/h5,7H,1-4,6,11H2. The van der Waals surface area contributed by atoms with Crippen molar-refractivity contribution < 1.29 is 4.74 Å². The molecule has 5 heteroatoms. The molecule has 1 heterocycles. The van der Waals surface area contributed by atoms with Gasteiger partial charge in [-0.2, -0.15) is 0 Å². The van der Waals surface area contributed by atoms with E-state index >= 15 is 0 Å². The molecule has 1 fully saturated rings. The zero-order chi connectivity index (χ0) is 9.68. The van der Waals surface area contributed by atoms with E-state index in [1.165, 1.54) is 0 Å². The number of hydrogen-bond donors (Lipinski definition) is 1. The quantitative estimate of drug-likeness (QED) is 0.853. The fraction of sp³-hybridized carbons (Fsp3) is 0.750. The second-order valence-corrected chi connectivity index (χ2v) is 5.81. The number of hydrogen-bond acceptors (Lipinski definition) is 3. The molecule has 0 aromatic rings. The summed E-state index contributed by atoms with van der Waals surface area (Å²) < 4.78 is 6.16. The third-order valence-corrected chi connectivity index (χ3v) is 2.44. The van der Waals surface area contributed by atoms with Gasteiger partial charge in [-0.25, -0.2) is 0 Å². The summed E-state index contributed by atoms with van der Waals surface area (Å²) in [6.07, 6.45) is 1.95. The number of halogens is 2. The van der Waals surface area contributed by atoms with Gasteiger partial charge in [0.1, 0.15) is 0 Å². The average molecular weight is 314 g/mol. The lowest BCUT2D eigenvalue weighted by Gasteiger charge is -2.28. The molecule has 1 saturated heterocycles. The maximum atomic E-state index is 5.89. The highest BCUT2D eigenvalue weighted by Crippen LogP contribution is 2.13. The van der Waals surface area contributed by atoms with Crippen LogP contribution in [0.5, 0.6) is 0 Å². The van der Waals surface area contributed by atoms with Crippen molar-refractivity contribution in [1.29, 1.82) is 0 Å². The molecule has 0 aromatic heterocycles. The van der Waals surface area contributed by atoms with Gasteiger partial charge in [0.2, 0.25) is 0 Å². The Balaban J connectivity index is 2.26. The van der Waals surface area contributed by atoms with Crippen molar-refractivity contribution in [3.05, 3.63) is 9.47 Å². The number of rotatable bonds is 3. The normalized spacial score (nSPS) is 21.2. The Labute approximate surface area is 95.5 Å². The van der Waals surface area contributed by atoms with Crippen molar-refractivity contribution in [1.82, 2.24) is 4.90 Å². The SMILES string of the molecule is NC(C=C(Br)Br)CN1CCOCC1. The Morgan fingerprint density at radius 2 is 2.08 bits per heavy atom. The molecule has 0 aliphatic carbocycles. The van der Waals surface area contributed by atoms with E-state index < -0.39 is 0 Å². The Hall–Kier alpha value is 0.580. The Morgan fingerprint density at radius 1 is 1.46 bits per heavy atom. The molecule has 1 aliphatic rings. The molecule has 1 unspecified atom stereocenters. The molecule has 1 rings (SSSR count). The Morgan fingerprint density at radius 3 is 2.62 bits per heavy atom. The van der Waals surface area contributed by atoms with Gasteiger partial charge in [0.25, 0.3) is 0 Å². The van der Waals surface area contributed by atoms with E-state index in [0.717, 1.165) is 36.2 Å². The van der Waals surface area contributed by atoms with Crippen LogP contribution in [0.25, 0.3) is 0 Å². The Kier molecular flexibility index (Phi) is 5.50. The van der Waals surface area contributed by atoms with Crippen molar-refractivity contribution in [3.8, 4) is 0 Å². The van der Waals surface area contributed by atoms with Crippen LogP contribution in [0.1, 0.15) is 0 Å². The highest BCUT2D eigenvalue weighted by atomic mass is 79.9. The maximum absolute atomic E-state index is 5.89. The number of nitrogens with two attached hydrogens (primary N) is 1. The molecule has 13 heavy (non-hydrogen) atoms. The zero-order valence-electron chi connectivity index (χ0n) is 7.38. The number of nitrogens with zero attached hydrogens (tertiary/aromatic N) is 1. The van der Waals surface area contributed by atoms with Crippen molar-refractivity contribution >= 4 is 31.9 Å². The molecule has 76 valence electrons. The molecule has 0 aromatic carbocycles. The van der Waals surface area contributed by atoms with Crippen LogP contribution in [0.15, 0.2) is 9.47 Å². The van der Waals surface area contributed by atoms with Gasteiger partial charge in [-0.05, 0) is 37.9 Å². The van der Waals surface area contributed by atoms with Crippen molar-refractivity contribution in [2.24, 2.45) is 5.73 Å². The smallest absolute Gasteiger partial charge is 0.0594 e. The summed E-state index contributed by atoms with van der Waals surface area (Å²) in [4.78, 5) is 2.31. The lowest BCUT2D eigenvalue weighted by atomic mass is 10.3. The Bertz CT molecular complexity index is 177. The first-order chi connectivity index (χ1) is 6.18. The first kappa shape index (κ1) is 11.7. The van der Waals surface area contributed by atoms with Gasteiger partial charge in [-0.1, -0.05) is 0 Å². The molecule has 0 bridgehead atoms. The molecule has 1 atom stereocenters. The average Bonchev–Trinajstić information content (AvgIpc) is 2.04. The molecule has 0 spiro atoms. The van der Waals surface area contributed by atoms with Gasteiger partial charge >= 0.3 is 0 Å². The fourth-order valence-corrected chi connectivity index (χ4v) is 1.98. The summed E-state index contributed by atoms with van der Waals surface area (Å²) in [5.74, 6) is 0. The van der Waals surface area contributed by atoms with Gasteiger partial charge in [0.15, 0.2) is 0 Å². The van der Waals surface area contributed by atoms with Crippen LogP contribution in [0.3, 0.4) is 0 Å². The predicted molar refractivity (Wildman–Crippen MR) is 61.2 cm³/mol. The van der Waals surface area contributed by atoms with E-state index in [1.807, 2.05) is 6.08 Å². The third kappa shape index (κ3) is 5.12. The summed E-state index contributed by atoms with van der Waals surface area (Å²) in [6.45, 7) is 4.52. The van der Waals surface area contributed by atoms with Crippen molar-refractivity contribution in [2.75, 3.05) is 32.8 Å². The minimum Gasteiger partial charge on any atom is -0.379 e.